The van der Waals surface area contributed by atoms with Gasteiger partial charge < -0.3 is 4.55 Å². The van der Waals surface area contributed by atoms with Gasteiger partial charge in [-0.25, -0.2) is 8.42 Å². The first-order valence-corrected chi connectivity index (χ1v) is 5.15. The summed E-state index contributed by atoms with van der Waals surface area (Å²) in [6.07, 6.45) is 1.28. The van der Waals surface area contributed by atoms with Gasteiger partial charge in [-0.05, 0) is 18.6 Å². The maximum atomic E-state index is 10.2. The van der Waals surface area contributed by atoms with Crippen molar-refractivity contribution in [1.82, 2.24) is 0 Å². The number of benzene rings is 1. The van der Waals surface area contributed by atoms with Crippen LogP contribution in [0.4, 0.5) is 0 Å². The molecule has 1 aromatic rings. The summed E-state index contributed by atoms with van der Waals surface area (Å²) < 4.78 is 30.7. The Hall–Kier alpha value is 0.506. The third-order valence-electron chi connectivity index (χ3n) is 1.50. The standard InChI is InChI=1S/C9H10O3S.K/c1-8-2-4-9(5-3-8)6-7-13(10,11)12;/h2-7H,1H3,(H,10,11,12);/q;+1/p-1/b7-6+;. The molecule has 0 unspecified atom stereocenters. The van der Waals surface area contributed by atoms with Gasteiger partial charge in [-0.15, -0.1) is 0 Å². The van der Waals surface area contributed by atoms with Crippen LogP contribution in [0, 0.1) is 6.92 Å². The zero-order valence-electron chi connectivity index (χ0n) is 8.10. The van der Waals surface area contributed by atoms with E-state index in [-0.39, 0.29) is 51.4 Å². The molecule has 0 aliphatic carbocycles. The van der Waals surface area contributed by atoms with Gasteiger partial charge in [-0.1, -0.05) is 29.8 Å². The van der Waals surface area contributed by atoms with E-state index in [1.807, 2.05) is 19.1 Å². The number of aryl methyl sites for hydroxylation is 1. The van der Waals surface area contributed by atoms with Crippen molar-refractivity contribution in [3.05, 3.63) is 40.8 Å². The van der Waals surface area contributed by atoms with Crippen molar-refractivity contribution in [3.63, 3.8) is 0 Å². The van der Waals surface area contributed by atoms with Crippen molar-refractivity contribution in [1.29, 1.82) is 0 Å². The van der Waals surface area contributed by atoms with Crippen LogP contribution in [-0.2, 0) is 10.1 Å². The zero-order chi connectivity index (χ0) is 9.90. The molecule has 0 aromatic heterocycles. The molecule has 0 fully saturated rings. The van der Waals surface area contributed by atoms with Gasteiger partial charge >= 0.3 is 51.4 Å². The largest absolute Gasteiger partial charge is 1.00 e. The molecule has 0 aliphatic heterocycles. The molecule has 70 valence electrons. The third-order valence-corrected chi connectivity index (χ3v) is 1.97. The summed E-state index contributed by atoms with van der Waals surface area (Å²) in [5.41, 5.74) is 1.78. The summed E-state index contributed by atoms with van der Waals surface area (Å²) >= 11 is 0. The van der Waals surface area contributed by atoms with Crippen molar-refractivity contribution >= 4 is 16.2 Å². The molecule has 1 rings (SSSR count). The Morgan fingerprint density at radius 1 is 1.21 bits per heavy atom. The van der Waals surface area contributed by atoms with E-state index in [1.54, 1.807) is 12.1 Å². The topological polar surface area (TPSA) is 57.2 Å². The van der Waals surface area contributed by atoms with Gasteiger partial charge in [-0.3, -0.25) is 0 Å². The van der Waals surface area contributed by atoms with Crippen molar-refractivity contribution < 1.29 is 64.4 Å². The van der Waals surface area contributed by atoms with Gasteiger partial charge in [0.15, 0.2) is 0 Å². The van der Waals surface area contributed by atoms with Crippen LogP contribution in [0.1, 0.15) is 11.1 Å². The Morgan fingerprint density at radius 3 is 2.14 bits per heavy atom. The Balaban J connectivity index is 0.00000169. The Bertz CT molecular complexity index is 406. The van der Waals surface area contributed by atoms with E-state index in [4.69, 9.17) is 0 Å². The minimum Gasteiger partial charge on any atom is -0.744 e. The Kier molecular flexibility index (Phi) is 6.39. The maximum Gasteiger partial charge on any atom is 1.00 e. The number of rotatable bonds is 2. The summed E-state index contributed by atoms with van der Waals surface area (Å²) in [7, 11) is -4.26. The first-order chi connectivity index (χ1) is 5.97. The van der Waals surface area contributed by atoms with Crippen molar-refractivity contribution in [2.45, 2.75) is 6.92 Å². The van der Waals surface area contributed by atoms with Gasteiger partial charge in [0.25, 0.3) is 0 Å². The van der Waals surface area contributed by atoms with Crippen LogP contribution in [0.3, 0.4) is 0 Å². The molecular formula is C9H9KO3S. The van der Waals surface area contributed by atoms with E-state index in [9.17, 15) is 13.0 Å². The average Bonchev–Trinajstić information content (AvgIpc) is 2.02. The third kappa shape index (κ3) is 6.08. The van der Waals surface area contributed by atoms with Crippen LogP contribution >= 0.6 is 0 Å². The fourth-order valence-corrected chi connectivity index (χ4v) is 1.16. The van der Waals surface area contributed by atoms with Gasteiger partial charge in [0.1, 0.15) is 10.1 Å². The molecule has 0 spiro atoms. The molecule has 0 atom stereocenters. The fraction of sp³-hybridized carbons (Fsp3) is 0.111. The van der Waals surface area contributed by atoms with Crippen molar-refractivity contribution in [2.75, 3.05) is 0 Å². The molecule has 0 amide bonds. The summed E-state index contributed by atoms with van der Waals surface area (Å²) in [5, 5.41) is 0.650. The monoisotopic (exact) mass is 236 g/mol. The van der Waals surface area contributed by atoms with E-state index in [2.05, 4.69) is 0 Å². The average molecular weight is 236 g/mol. The molecule has 0 N–H and O–H groups in total. The van der Waals surface area contributed by atoms with Crippen molar-refractivity contribution in [2.24, 2.45) is 0 Å². The molecule has 0 radical (unpaired) electrons. The predicted molar refractivity (Wildman–Crippen MR) is 49.9 cm³/mol. The second-order valence-electron chi connectivity index (χ2n) is 2.71. The van der Waals surface area contributed by atoms with Gasteiger partial charge in [0, 0.05) is 5.41 Å². The molecule has 0 heterocycles. The van der Waals surface area contributed by atoms with Crippen LogP contribution < -0.4 is 51.4 Å². The smallest absolute Gasteiger partial charge is 0.744 e. The summed E-state index contributed by atoms with van der Waals surface area (Å²) in [5.74, 6) is 0. The Labute approximate surface area is 126 Å². The summed E-state index contributed by atoms with van der Waals surface area (Å²) in [6.45, 7) is 1.93. The van der Waals surface area contributed by atoms with Crippen LogP contribution in [0.5, 0.6) is 0 Å². The summed E-state index contributed by atoms with van der Waals surface area (Å²) in [4.78, 5) is 0. The van der Waals surface area contributed by atoms with E-state index in [1.165, 1.54) is 6.08 Å². The maximum absolute atomic E-state index is 10.2. The van der Waals surface area contributed by atoms with Gasteiger partial charge in [0.05, 0.1) is 0 Å². The van der Waals surface area contributed by atoms with E-state index < -0.39 is 10.1 Å². The molecule has 5 heteroatoms. The summed E-state index contributed by atoms with van der Waals surface area (Å²) in [6, 6.07) is 7.18. The number of hydrogen-bond acceptors (Lipinski definition) is 3. The molecule has 0 saturated heterocycles. The molecule has 0 bridgehead atoms. The normalized spacial score (nSPS) is 11.3. The van der Waals surface area contributed by atoms with E-state index >= 15 is 0 Å². The van der Waals surface area contributed by atoms with Crippen molar-refractivity contribution in [3.8, 4) is 0 Å². The molecule has 0 aliphatic rings. The first kappa shape index (κ1) is 14.5. The molecule has 1 aromatic carbocycles. The SMILES string of the molecule is Cc1ccc(/C=C/S(=O)(=O)[O-])cc1.[K+]. The van der Waals surface area contributed by atoms with Crippen LogP contribution in [0.2, 0.25) is 0 Å². The quantitative estimate of drug-likeness (QED) is 0.464. The second-order valence-corrected chi connectivity index (χ2v) is 3.96. The number of hydrogen-bond donors (Lipinski definition) is 0. The minimum absolute atomic E-state index is 0. The van der Waals surface area contributed by atoms with Gasteiger partial charge in [0.2, 0.25) is 0 Å². The van der Waals surface area contributed by atoms with Gasteiger partial charge in [-0.2, -0.15) is 0 Å². The Morgan fingerprint density at radius 2 is 1.71 bits per heavy atom. The predicted octanol–water partition coefficient (Wildman–Crippen LogP) is -1.49. The minimum atomic E-state index is -4.26. The second kappa shape index (κ2) is 6.17. The first-order valence-electron chi connectivity index (χ1n) is 3.68. The van der Waals surface area contributed by atoms with Crippen LogP contribution in [0.15, 0.2) is 29.7 Å². The zero-order valence-corrected chi connectivity index (χ0v) is 12.0. The molecule has 3 nitrogen and oxygen atoms in total. The fourth-order valence-electron chi connectivity index (χ4n) is 0.839. The van der Waals surface area contributed by atoms with E-state index in [0.29, 0.717) is 11.0 Å². The van der Waals surface area contributed by atoms with E-state index in [0.717, 1.165) is 5.56 Å². The van der Waals surface area contributed by atoms with Crippen LogP contribution in [-0.4, -0.2) is 13.0 Å². The molecule has 0 saturated carbocycles. The molecule has 14 heavy (non-hydrogen) atoms. The van der Waals surface area contributed by atoms with Crippen LogP contribution in [0.25, 0.3) is 6.08 Å². The molecular weight excluding hydrogens is 227 g/mol.